The van der Waals surface area contributed by atoms with Crippen LogP contribution in [0.15, 0.2) is 42.5 Å². The minimum Gasteiger partial charge on any atom is -0.357 e. The van der Waals surface area contributed by atoms with Gasteiger partial charge in [0.05, 0.1) is 26.9 Å². The fraction of sp³-hybridized carbons (Fsp3) is 0.0667. The summed E-state index contributed by atoms with van der Waals surface area (Å²) in [6.07, 6.45) is 0. The van der Waals surface area contributed by atoms with E-state index in [-0.39, 0.29) is 0 Å². The molecule has 3 aromatic rings. The van der Waals surface area contributed by atoms with Crippen LogP contribution < -0.4 is 5.32 Å². The standard InChI is InChI=1S/C15H10ClN3S/c16-12-5-2-6-13-14(12)20-15(19-13)18-9-11-4-1-3-10(7-11)8-17/h1-7H,9H2,(H,18,19). The molecule has 0 radical (unpaired) electrons. The third-order valence-electron chi connectivity index (χ3n) is 2.87. The van der Waals surface area contributed by atoms with Gasteiger partial charge in [-0.15, -0.1) is 0 Å². The summed E-state index contributed by atoms with van der Waals surface area (Å²) in [5, 5.41) is 13.7. The molecule has 0 atom stereocenters. The van der Waals surface area contributed by atoms with Crippen LogP contribution in [0.1, 0.15) is 11.1 Å². The molecule has 2 aromatic carbocycles. The summed E-state index contributed by atoms with van der Waals surface area (Å²) < 4.78 is 0.988. The summed E-state index contributed by atoms with van der Waals surface area (Å²) in [6, 6.07) is 15.4. The number of fused-ring (bicyclic) bond motifs is 1. The van der Waals surface area contributed by atoms with E-state index >= 15 is 0 Å². The molecule has 3 rings (SSSR count). The number of nitriles is 1. The summed E-state index contributed by atoms with van der Waals surface area (Å²) in [7, 11) is 0. The van der Waals surface area contributed by atoms with E-state index in [0.29, 0.717) is 12.1 Å². The van der Waals surface area contributed by atoms with Crippen molar-refractivity contribution in [1.82, 2.24) is 4.98 Å². The lowest BCUT2D eigenvalue weighted by molar-refractivity contribution is 1.14. The molecule has 5 heteroatoms. The summed E-state index contributed by atoms with van der Waals surface area (Å²) in [5.41, 5.74) is 2.61. The second-order valence-corrected chi connectivity index (χ2v) is 5.68. The van der Waals surface area contributed by atoms with Gasteiger partial charge in [0.25, 0.3) is 0 Å². The maximum absolute atomic E-state index is 8.88. The lowest BCUT2D eigenvalue weighted by Crippen LogP contribution is -1.98. The first-order valence-corrected chi connectivity index (χ1v) is 7.24. The number of nitrogens with zero attached hydrogens (tertiary/aromatic N) is 2. The van der Waals surface area contributed by atoms with E-state index in [2.05, 4.69) is 16.4 Å². The van der Waals surface area contributed by atoms with Gasteiger partial charge in [-0.25, -0.2) is 4.98 Å². The predicted octanol–water partition coefficient (Wildman–Crippen LogP) is 4.43. The number of rotatable bonds is 3. The highest BCUT2D eigenvalue weighted by Crippen LogP contribution is 2.31. The molecule has 1 N–H and O–H groups in total. The molecule has 1 aromatic heterocycles. The highest BCUT2D eigenvalue weighted by molar-refractivity contribution is 7.22. The minimum absolute atomic E-state index is 0.632. The van der Waals surface area contributed by atoms with E-state index in [9.17, 15) is 0 Å². The van der Waals surface area contributed by atoms with Crippen molar-refractivity contribution in [2.75, 3.05) is 5.32 Å². The Morgan fingerprint density at radius 1 is 1.25 bits per heavy atom. The van der Waals surface area contributed by atoms with E-state index in [1.54, 1.807) is 6.07 Å². The molecule has 0 amide bonds. The Morgan fingerprint density at radius 2 is 2.10 bits per heavy atom. The molecule has 0 aliphatic heterocycles. The van der Waals surface area contributed by atoms with Gasteiger partial charge < -0.3 is 5.32 Å². The molecular weight excluding hydrogens is 290 g/mol. The number of halogens is 1. The van der Waals surface area contributed by atoms with Crippen LogP contribution in [0.5, 0.6) is 0 Å². The molecule has 0 unspecified atom stereocenters. The predicted molar refractivity (Wildman–Crippen MR) is 83.1 cm³/mol. The summed E-state index contributed by atoms with van der Waals surface area (Å²) >= 11 is 7.67. The molecule has 20 heavy (non-hydrogen) atoms. The van der Waals surface area contributed by atoms with Crippen molar-refractivity contribution < 1.29 is 0 Å². The quantitative estimate of drug-likeness (QED) is 0.778. The number of nitrogens with one attached hydrogen (secondary N) is 1. The van der Waals surface area contributed by atoms with E-state index < -0.39 is 0 Å². The number of hydrogen-bond donors (Lipinski definition) is 1. The van der Waals surface area contributed by atoms with Gasteiger partial charge in [0, 0.05) is 6.54 Å². The maximum atomic E-state index is 8.88. The second-order valence-electron chi connectivity index (χ2n) is 4.27. The van der Waals surface area contributed by atoms with Gasteiger partial charge in [0.2, 0.25) is 0 Å². The molecule has 0 aliphatic carbocycles. The highest BCUT2D eigenvalue weighted by atomic mass is 35.5. The second kappa shape index (κ2) is 5.49. The largest absolute Gasteiger partial charge is 0.357 e. The van der Waals surface area contributed by atoms with Crippen LogP contribution in [-0.2, 0) is 6.54 Å². The number of anilines is 1. The van der Waals surface area contributed by atoms with Crippen molar-refractivity contribution in [3.63, 3.8) is 0 Å². The number of hydrogen-bond acceptors (Lipinski definition) is 4. The fourth-order valence-corrected chi connectivity index (χ4v) is 3.07. The van der Waals surface area contributed by atoms with E-state index in [4.69, 9.17) is 16.9 Å². The van der Waals surface area contributed by atoms with Crippen LogP contribution in [0, 0.1) is 11.3 Å². The highest BCUT2D eigenvalue weighted by Gasteiger charge is 2.06. The number of benzene rings is 2. The monoisotopic (exact) mass is 299 g/mol. The van der Waals surface area contributed by atoms with Crippen LogP contribution in [0.2, 0.25) is 5.02 Å². The Balaban J connectivity index is 1.80. The molecule has 3 nitrogen and oxygen atoms in total. The van der Waals surface area contributed by atoms with Gasteiger partial charge in [0.15, 0.2) is 5.13 Å². The van der Waals surface area contributed by atoms with Gasteiger partial charge >= 0.3 is 0 Å². The molecule has 0 bridgehead atoms. The van der Waals surface area contributed by atoms with Crippen molar-refractivity contribution in [1.29, 1.82) is 5.26 Å². The third-order valence-corrected chi connectivity index (χ3v) is 4.36. The molecule has 0 fully saturated rings. The Hall–Kier alpha value is -2.09. The maximum Gasteiger partial charge on any atom is 0.184 e. The first-order chi connectivity index (χ1) is 9.76. The Kier molecular flexibility index (Phi) is 3.55. The topological polar surface area (TPSA) is 48.7 Å². The summed E-state index contributed by atoms with van der Waals surface area (Å²) in [6.45, 7) is 0.632. The number of aromatic nitrogens is 1. The number of thiazole rings is 1. The normalized spacial score (nSPS) is 10.4. The zero-order chi connectivity index (χ0) is 13.9. The van der Waals surface area contributed by atoms with Gasteiger partial charge in [-0.05, 0) is 29.8 Å². The van der Waals surface area contributed by atoms with Crippen LogP contribution in [0.4, 0.5) is 5.13 Å². The minimum atomic E-state index is 0.632. The van der Waals surface area contributed by atoms with Crippen LogP contribution in [0.25, 0.3) is 10.2 Å². The summed E-state index contributed by atoms with van der Waals surface area (Å²) in [5.74, 6) is 0. The van der Waals surface area contributed by atoms with Gasteiger partial charge in [0.1, 0.15) is 0 Å². The molecule has 0 aliphatic rings. The first kappa shape index (κ1) is 12.9. The van der Waals surface area contributed by atoms with Crippen molar-refractivity contribution in [3.05, 3.63) is 58.6 Å². The average molecular weight is 300 g/mol. The van der Waals surface area contributed by atoms with E-state index in [1.807, 2.05) is 36.4 Å². The van der Waals surface area contributed by atoms with Gasteiger partial charge in [-0.1, -0.05) is 41.1 Å². The lowest BCUT2D eigenvalue weighted by Gasteiger charge is -2.02. The Bertz CT molecular complexity index is 804. The molecule has 0 saturated heterocycles. The molecule has 1 heterocycles. The van der Waals surface area contributed by atoms with E-state index in [0.717, 1.165) is 25.9 Å². The molecular formula is C15H10ClN3S. The van der Waals surface area contributed by atoms with Crippen LogP contribution in [-0.4, -0.2) is 4.98 Å². The molecule has 0 saturated carbocycles. The van der Waals surface area contributed by atoms with Crippen molar-refractivity contribution in [3.8, 4) is 6.07 Å². The summed E-state index contributed by atoms with van der Waals surface area (Å²) in [4.78, 5) is 4.49. The lowest BCUT2D eigenvalue weighted by atomic mass is 10.1. The SMILES string of the molecule is N#Cc1cccc(CNc2nc3cccc(Cl)c3s2)c1. The fourth-order valence-electron chi connectivity index (χ4n) is 1.92. The molecule has 0 spiro atoms. The van der Waals surface area contributed by atoms with Crippen molar-refractivity contribution in [2.24, 2.45) is 0 Å². The third kappa shape index (κ3) is 2.60. The Morgan fingerprint density at radius 3 is 2.90 bits per heavy atom. The molecule has 98 valence electrons. The average Bonchev–Trinajstić information content (AvgIpc) is 2.90. The van der Waals surface area contributed by atoms with Gasteiger partial charge in [-0.2, -0.15) is 5.26 Å². The zero-order valence-electron chi connectivity index (χ0n) is 10.4. The van der Waals surface area contributed by atoms with Gasteiger partial charge in [-0.3, -0.25) is 0 Å². The smallest absolute Gasteiger partial charge is 0.184 e. The van der Waals surface area contributed by atoms with Crippen LogP contribution in [0.3, 0.4) is 0 Å². The zero-order valence-corrected chi connectivity index (χ0v) is 12.0. The van der Waals surface area contributed by atoms with E-state index in [1.165, 1.54) is 11.3 Å². The van der Waals surface area contributed by atoms with Crippen molar-refractivity contribution >= 4 is 38.3 Å². The van der Waals surface area contributed by atoms with Crippen LogP contribution >= 0.6 is 22.9 Å². The first-order valence-electron chi connectivity index (χ1n) is 6.04. The Labute approximate surface area is 125 Å². The van der Waals surface area contributed by atoms with Crippen molar-refractivity contribution in [2.45, 2.75) is 6.54 Å².